The normalized spacial score (nSPS) is 47.4. The number of ketones is 2. The van der Waals surface area contributed by atoms with Gasteiger partial charge in [0.25, 0.3) is 0 Å². The van der Waals surface area contributed by atoms with Gasteiger partial charge in [-0.15, -0.1) is 0 Å². The van der Waals surface area contributed by atoms with Gasteiger partial charge in [0.2, 0.25) is 0 Å². The summed E-state index contributed by atoms with van der Waals surface area (Å²) < 4.78 is 39.9. The number of allylic oxidation sites excluding steroid dienone is 14. The summed E-state index contributed by atoms with van der Waals surface area (Å²) >= 11 is 0. The number of aliphatic hydroxyl groups excluding tert-OH is 12. The Kier molecular flexibility index (Phi) is 27.6. The number of Topliss-reactive ketones (excluding diaryl/α,β-unsaturated/α-hetero) is 1. The Morgan fingerprint density at radius 2 is 1.30 bits per heavy atom. The summed E-state index contributed by atoms with van der Waals surface area (Å²) in [4.78, 5) is 49.3. The smallest absolute Gasteiger partial charge is 0.311 e. The van der Waals surface area contributed by atoms with Crippen molar-refractivity contribution in [2.24, 2.45) is 46.2 Å². The van der Waals surface area contributed by atoms with Gasteiger partial charge < -0.3 is 101 Å². The first-order chi connectivity index (χ1) is 43.6. The molecule has 25 heteroatoms. The highest BCUT2D eigenvalue weighted by molar-refractivity contribution is 6.01. The van der Waals surface area contributed by atoms with Crippen LogP contribution in [0.3, 0.4) is 0 Å². The molecule has 7 rings (SSSR count). The highest BCUT2D eigenvalue weighted by atomic mass is 19.1. The topological polar surface area (TPSA) is 435 Å². The van der Waals surface area contributed by atoms with Gasteiger partial charge in [0.1, 0.15) is 24.7 Å². The van der Waals surface area contributed by atoms with Crippen molar-refractivity contribution in [2.75, 3.05) is 6.61 Å². The Morgan fingerprint density at radius 3 is 1.96 bits per heavy atom. The Morgan fingerprint density at radius 1 is 0.688 bits per heavy atom. The second kappa shape index (κ2) is 33.1. The molecule has 524 valence electrons. The van der Waals surface area contributed by atoms with E-state index in [2.05, 4.69) is 0 Å². The predicted molar refractivity (Wildman–Crippen MR) is 334 cm³/mol. The van der Waals surface area contributed by atoms with E-state index in [-0.39, 0.29) is 56.6 Å². The van der Waals surface area contributed by atoms with Crippen molar-refractivity contribution in [3.05, 3.63) is 96.7 Å². The van der Waals surface area contributed by atoms with Gasteiger partial charge in [-0.05, 0) is 103 Å². The third-order valence-corrected chi connectivity index (χ3v) is 20.7. The molecule has 3 aliphatic heterocycles. The lowest BCUT2D eigenvalue weighted by Gasteiger charge is -2.62. The SMILES string of the molecule is C[C@@H]1[C@H](O)[C@@H](C)/C=C/C=C/CC/C=C/C=C/C=C/C=C/[C@H](O[C@H]2O[C@@H](C)[C@H](O)[C@@H](N)[C@H]2O)C[C@@H]2OC(O)(C[C@@H](O)[C@H](O)CC[C@@H](O)C[C@@H](O)C[C@@H](O)CC(=O)O[C@H]1C)C[C@H](O)[C@H]2C(=O)O.C[C@]12C=CC(=O)C=C1CC[C@H]1[C@@H]3C[C@@H](O)[C@](O)(C(=O)CO)[C@@]3(C)C[C@H](O)[C@@]12F. The van der Waals surface area contributed by atoms with Crippen LogP contribution in [0.25, 0.3) is 0 Å². The highest BCUT2D eigenvalue weighted by Crippen LogP contribution is 2.69. The number of cyclic esters (lactones) is 1. The molecule has 0 radical (unpaired) electrons. The number of hydrogen-bond acceptors (Lipinski definition) is 23. The molecular formula is C68H102FNO23. The van der Waals surface area contributed by atoms with Crippen LogP contribution in [-0.2, 0) is 38.1 Å². The van der Waals surface area contributed by atoms with Gasteiger partial charge in [-0.3, -0.25) is 19.2 Å². The fourth-order valence-electron chi connectivity index (χ4n) is 15.0. The number of alkyl halides is 1. The van der Waals surface area contributed by atoms with E-state index in [1.807, 2.05) is 49.5 Å². The maximum atomic E-state index is 16.8. The van der Waals surface area contributed by atoms with E-state index < -0.39 is 199 Å². The molecule has 1 unspecified atom stereocenters. The zero-order chi connectivity index (χ0) is 69.1. The Balaban J connectivity index is 0.000000402. The molecule has 0 spiro atoms. The largest absolute Gasteiger partial charge is 0.481 e. The van der Waals surface area contributed by atoms with E-state index in [0.29, 0.717) is 18.4 Å². The van der Waals surface area contributed by atoms with Gasteiger partial charge in [0.05, 0.1) is 91.8 Å². The van der Waals surface area contributed by atoms with Gasteiger partial charge in [0, 0.05) is 47.8 Å². The van der Waals surface area contributed by atoms with Gasteiger partial charge in [-0.25, -0.2) is 4.39 Å². The number of carboxylic acid groups (broad SMARTS) is 1. The van der Waals surface area contributed by atoms with Crippen molar-refractivity contribution in [1.82, 2.24) is 0 Å². The number of carbonyl (C=O) groups excluding carboxylic acids is 3. The van der Waals surface area contributed by atoms with Crippen LogP contribution in [-0.4, -0.2) is 228 Å². The molecule has 24 nitrogen and oxygen atoms in total. The van der Waals surface area contributed by atoms with Crippen LogP contribution < -0.4 is 5.73 Å². The minimum atomic E-state index is -2.35. The van der Waals surface area contributed by atoms with Gasteiger partial charge in [-0.2, -0.15) is 0 Å². The number of ether oxygens (including phenoxy) is 4. The summed E-state index contributed by atoms with van der Waals surface area (Å²) in [5, 5.41) is 160. The molecule has 2 saturated heterocycles. The molecule has 3 heterocycles. The molecule has 4 aliphatic carbocycles. The molecule has 0 amide bonds. The van der Waals surface area contributed by atoms with Gasteiger partial charge in [-0.1, -0.05) is 105 Å². The number of carboxylic acids is 1. The fourth-order valence-corrected chi connectivity index (χ4v) is 15.0. The van der Waals surface area contributed by atoms with E-state index in [4.69, 9.17) is 24.7 Å². The molecule has 0 aromatic heterocycles. The lowest BCUT2D eigenvalue weighted by molar-refractivity contribution is -0.310. The molecule has 7 aliphatic rings. The molecule has 27 atom stereocenters. The summed E-state index contributed by atoms with van der Waals surface area (Å²) in [6.07, 6.45) is 4.21. The van der Waals surface area contributed by atoms with E-state index in [9.17, 15) is 95.8 Å². The van der Waals surface area contributed by atoms with E-state index in [1.54, 1.807) is 52.0 Å². The minimum absolute atomic E-state index is 0.0135. The van der Waals surface area contributed by atoms with Crippen molar-refractivity contribution in [1.29, 1.82) is 0 Å². The number of aliphatic hydroxyl groups is 14. The molecule has 3 saturated carbocycles. The second-order valence-corrected chi connectivity index (χ2v) is 27.2. The van der Waals surface area contributed by atoms with Crippen molar-refractivity contribution in [2.45, 2.75) is 252 Å². The van der Waals surface area contributed by atoms with Crippen molar-refractivity contribution >= 4 is 23.5 Å². The quantitative estimate of drug-likeness (QED) is 0.174. The molecule has 0 aromatic rings. The zero-order valence-electron chi connectivity index (χ0n) is 53.9. The Bertz CT molecular complexity index is 2770. The van der Waals surface area contributed by atoms with Crippen LogP contribution in [0.1, 0.15) is 131 Å². The van der Waals surface area contributed by atoms with Crippen molar-refractivity contribution < 1.29 is 119 Å². The summed E-state index contributed by atoms with van der Waals surface area (Å²) in [6, 6.07) is -1.14. The van der Waals surface area contributed by atoms with Crippen LogP contribution in [0.15, 0.2) is 96.7 Å². The van der Waals surface area contributed by atoms with Gasteiger partial charge in [0.15, 0.2) is 34.9 Å². The number of hydrogen-bond donors (Lipinski definition) is 16. The molecule has 17 N–H and O–H groups in total. The fraction of sp³-hybridized carbons (Fsp3) is 0.706. The number of esters is 1. The average Bonchev–Trinajstić information content (AvgIpc) is 1.63. The highest BCUT2D eigenvalue weighted by Gasteiger charge is 2.76. The first kappa shape index (κ1) is 77.4. The third kappa shape index (κ3) is 18.0. The number of rotatable bonds is 5. The number of halogens is 1. The zero-order valence-corrected chi connectivity index (χ0v) is 53.9. The van der Waals surface area contributed by atoms with E-state index in [1.165, 1.54) is 31.2 Å². The molecule has 2 bridgehead atoms. The number of carbonyl (C=O) groups is 4. The number of fused-ring (bicyclic) bond motifs is 7. The van der Waals surface area contributed by atoms with Gasteiger partial charge >= 0.3 is 11.9 Å². The number of nitrogens with two attached hydrogens (primary N) is 1. The van der Waals surface area contributed by atoms with Crippen LogP contribution in [0.4, 0.5) is 4.39 Å². The standard InChI is InChI=1S/C47H75NO17.C21H27FO6/c1-27-17-15-13-11-9-7-5-6-8-10-12-14-16-18-34(64-46-44(58)41(48)43(57)30(4)63-46)24-38-40(45(59)60)37(54)26-47(61,65-38)25-36(53)35(52)20-19-31(49)21-32(50)22-33(51)23-39(55)62-29(3)28(2)42(27)56;1-18-6-5-12(24)7-11(18)3-4-13-14-8-15(25)21(28,17(27)10-23)19(14,2)9-16(26)20(13,18)22/h5-6,8,10-18,27-38,40-44,46,49-54,56-58,61H,7,9,19-26,48H2,1-4H3,(H,59,60);5-7,13-16,23,25-26,28H,3-4,8-10H2,1-2H3/b6-5+,10-8+,13-11+,14-12+,17-15+,18-16+;/t27-,28-,29-,30-,31+,32+,33+,34-,35+,36+,37-,38-,40+,41+,42+,43-,44+,46+,47?;13-,14-,15+,16-,18-,19-,20-,21-/m00/s1. The van der Waals surface area contributed by atoms with E-state index >= 15 is 4.39 Å². The van der Waals surface area contributed by atoms with Crippen LogP contribution >= 0.6 is 0 Å². The van der Waals surface area contributed by atoms with Crippen LogP contribution in [0.5, 0.6) is 0 Å². The van der Waals surface area contributed by atoms with Crippen LogP contribution in [0.2, 0.25) is 0 Å². The lowest BCUT2D eigenvalue weighted by Crippen LogP contribution is -2.69. The van der Waals surface area contributed by atoms with Crippen molar-refractivity contribution in [3.63, 3.8) is 0 Å². The van der Waals surface area contributed by atoms with E-state index in [0.717, 1.165) is 12.8 Å². The maximum absolute atomic E-state index is 16.8. The summed E-state index contributed by atoms with van der Waals surface area (Å²) in [7, 11) is 0. The average molecular weight is 1320 g/mol. The second-order valence-electron chi connectivity index (χ2n) is 27.2. The van der Waals surface area contributed by atoms with Crippen molar-refractivity contribution in [3.8, 4) is 0 Å². The monoisotopic (exact) mass is 1320 g/mol. The molecule has 93 heavy (non-hydrogen) atoms. The lowest BCUT2D eigenvalue weighted by atomic mass is 9.44. The van der Waals surface area contributed by atoms with Crippen LogP contribution in [0, 0.1) is 40.4 Å². The molecular weight excluding hydrogens is 1220 g/mol. The first-order valence-corrected chi connectivity index (χ1v) is 32.5. The Labute approximate surface area is 542 Å². The summed E-state index contributed by atoms with van der Waals surface area (Å²) in [5.74, 6) is -9.20. The maximum Gasteiger partial charge on any atom is 0.311 e. The third-order valence-electron chi connectivity index (χ3n) is 20.7. The molecule has 0 aromatic carbocycles. The number of aliphatic carboxylic acids is 1. The molecule has 5 fully saturated rings. The first-order valence-electron chi connectivity index (χ1n) is 32.5. The summed E-state index contributed by atoms with van der Waals surface area (Å²) in [5.41, 5.74) is -0.0982. The predicted octanol–water partition coefficient (Wildman–Crippen LogP) is 1.56. The summed E-state index contributed by atoms with van der Waals surface area (Å²) in [6.45, 7) is 9.11. The Hall–Kier alpha value is -4.59. The minimum Gasteiger partial charge on any atom is -0.481 e.